The molecule has 0 fully saturated rings. The second-order valence-electron chi connectivity index (χ2n) is 8.03. The zero-order valence-electron chi connectivity index (χ0n) is 15.7. The van der Waals surface area contributed by atoms with E-state index in [0.717, 1.165) is 25.9 Å². The van der Waals surface area contributed by atoms with Gasteiger partial charge in [-0.15, -0.1) is 0 Å². The van der Waals surface area contributed by atoms with E-state index < -0.39 is 0 Å². The van der Waals surface area contributed by atoms with Crippen molar-refractivity contribution in [1.29, 1.82) is 0 Å². The second-order valence-corrected chi connectivity index (χ2v) is 8.03. The van der Waals surface area contributed by atoms with Gasteiger partial charge in [0.05, 0.1) is 5.52 Å². The first-order valence-corrected chi connectivity index (χ1v) is 9.18. The summed E-state index contributed by atoms with van der Waals surface area (Å²) in [5.41, 5.74) is 8.55. The molecule has 1 aliphatic heterocycles. The fourth-order valence-electron chi connectivity index (χ4n) is 4.38. The molecule has 4 rings (SSSR count). The molecule has 0 bridgehead atoms. The van der Waals surface area contributed by atoms with Gasteiger partial charge in [-0.2, -0.15) is 0 Å². The van der Waals surface area contributed by atoms with E-state index in [1.54, 1.807) is 0 Å². The van der Waals surface area contributed by atoms with Crippen molar-refractivity contribution < 1.29 is 0 Å². The molecule has 0 spiro atoms. The summed E-state index contributed by atoms with van der Waals surface area (Å²) in [4.78, 5) is 4.33. The Morgan fingerprint density at radius 3 is 2.88 bits per heavy atom. The van der Waals surface area contributed by atoms with Crippen LogP contribution in [0, 0.1) is 6.92 Å². The molecule has 0 radical (unpaired) electrons. The van der Waals surface area contributed by atoms with Crippen LogP contribution in [0.2, 0.25) is 0 Å². The number of nitrogens with zero attached hydrogens (tertiary/aromatic N) is 2. The summed E-state index contributed by atoms with van der Waals surface area (Å²) in [6.45, 7) is 8.93. The maximum atomic E-state index is 4.33. The van der Waals surface area contributed by atoms with Gasteiger partial charge in [-0.3, -0.25) is 4.98 Å². The number of fused-ring (bicyclic) bond motifs is 3. The molecule has 3 nitrogen and oxygen atoms in total. The number of rotatable bonds is 3. The van der Waals surface area contributed by atoms with E-state index in [1.807, 2.05) is 18.5 Å². The Morgan fingerprint density at radius 1 is 1.28 bits per heavy atom. The monoisotopic (exact) mass is 333 g/mol. The van der Waals surface area contributed by atoms with Gasteiger partial charge in [0.15, 0.2) is 0 Å². The Labute approximate surface area is 150 Å². The van der Waals surface area contributed by atoms with Gasteiger partial charge in [-0.1, -0.05) is 31.5 Å². The summed E-state index contributed by atoms with van der Waals surface area (Å²) in [5, 5.41) is 4.97. The zero-order valence-corrected chi connectivity index (χ0v) is 15.7. The number of nitrogens with one attached hydrogen (secondary N) is 1. The smallest absolute Gasteiger partial charge is 0.0516 e. The molecule has 3 heterocycles. The summed E-state index contributed by atoms with van der Waals surface area (Å²) in [6.07, 6.45) is 5.99. The molecule has 1 N–H and O–H groups in total. The van der Waals surface area contributed by atoms with Crippen LogP contribution in [0.4, 0.5) is 0 Å². The van der Waals surface area contributed by atoms with Crippen molar-refractivity contribution in [2.45, 2.75) is 45.6 Å². The highest BCUT2D eigenvalue weighted by Crippen LogP contribution is 2.35. The van der Waals surface area contributed by atoms with Crippen LogP contribution in [0.5, 0.6) is 0 Å². The first kappa shape index (κ1) is 16.3. The van der Waals surface area contributed by atoms with E-state index in [-0.39, 0.29) is 5.41 Å². The van der Waals surface area contributed by atoms with Crippen LogP contribution < -0.4 is 5.32 Å². The summed E-state index contributed by atoms with van der Waals surface area (Å²) in [5.74, 6) is 0. The number of pyridine rings is 1. The molecular formula is C22H27N3. The third-order valence-corrected chi connectivity index (χ3v) is 5.66. The number of aryl methyl sites for hydroxylation is 2. The quantitative estimate of drug-likeness (QED) is 0.784. The minimum Gasteiger partial charge on any atom is -0.347 e. The van der Waals surface area contributed by atoms with E-state index in [0.29, 0.717) is 0 Å². The lowest BCUT2D eigenvalue weighted by Gasteiger charge is -2.26. The molecule has 0 atom stereocenters. The predicted molar refractivity (Wildman–Crippen MR) is 104 cm³/mol. The Balaban J connectivity index is 1.86. The lowest BCUT2D eigenvalue weighted by molar-refractivity contribution is 0.521. The molecule has 25 heavy (non-hydrogen) atoms. The molecule has 3 aromatic rings. The van der Waals surface area contributed by atoms with E-state index in [2.05, 4.69) is 60.9 Å². The fraction of sp³-hybridized carbons (Fsp3) is 0.409. The molecule has 0 saturated carbocycles. The lowest BCUT2D eigenvalue weighted by Crippen LogP contribution is -2.24. The van der Waals surface area contributed by atoms with Crippen molar-refractivity contribution in [3.8, 4) is 0 Å². The Hall–Kier alpha value is -2.13. The highest BCUT2D eigenvalue weighted by molar-refractivity contribution is 5.89. The highest BCUT2D eigenvalue weighted by Gasteiger charge is 2.25. The minimum atomic E-state index is 0.0536. The lowest BCUT2D eigenvalue weighted by atomic mass is 9.79. The molecule has 1 aliphatic rings. The van der Waals surface area contributed by atoms with Gasteiger partial charge in [0.25, 0.3) is 0 Å². The highest BCUT2D eigenvalue weighted by atomic mass is 15.0. The van der Waals surface area contributed by atoms with Gasteiger partial charge in [-0.25, -0.2) is 0 Å². The molecule has 3 heteroatoms. The van der Waals surface area contributed by atoms with Crippen LogP contribution in [-0.2, 0) is 31.8 Å². The van der Waals surface area contributed by atoms with Crippen molar-refractivity contribution in [2.75, 3.05) is 6.54 Å². The van der Waals surface area contributed by atoms with Crippen LogP contribution in [0.1, 0.15) is 41.8 Å². The maximum absolute atomic E-state index is 4.33. The van der Waals surface area contributed by atoms with Crippen molar-refractivity contribution in [1.82, 2.24) is 14.9 Å². The van der Waals surface area contributed by atoms with Gasteiger partial charge >= 0.3 is 0 Å². The van der Waals surface area contributed by atoms with Crippen molar-refractivity contribution >= 4 is 10.9 Å². The Kier molecular flexibility index (Phi) is 3.92. The van der Waals surface area contributed by atoms with E-state index in [4.69, 9.17) is 0 Å². The van der Waals surface area contributed by atoms with Crippen LogP contribution >= 0.6 is 0 Å². The Bertz CT molecular complexity index is 920. The number of aromatic nitrogens is 2. The first-order chi connectivity index (χ1) is 12.0. The summed E-state index contributed by atoms with van der Waals surface area (Å²) in [7, 11) is 2.24. The van der Waals surface area contributed by atoms with Crippen molar-refractivity contribution in [3.05, 3.63) is 64.6 Å². The van der Waals surface area contributed by atoms with E-state index in [1.165, 1.54) is 38.9 Å². The van der Waals surface area contributed by atoms with Crippen LogP contribution in [0.15, 0.2) is 36.7 Å². The first-order valence-electron chi connectivity index (χ1n) is 9.18. The molecule has 0 aliphatic carbocycles. The Morgan fingerprint density at radius 2 is 2.12 bits per heavy atom. The van der Waals surface area contributed by atoms with Gasteiger partial charge in [0.1, 0.15) is 0 Å². The third kappa shape index (κ3) is 2.77. The van der Waals surface area contributed by atoms with Crippen molar-refractivity contribution in [3.63, 3.8) is 0 Å². The average Bonchev–Trinajstić information content (AvgIpc) is 2.88. The topological polar surface area (TPSA) is 29.9 Å². The van der Waals surface area contributed by atoms with Gasteiger partial charge < -0.3 is 9.88 Å². The summed E-state index contributed by atoms with van der Waals surface area (Å²) >= 11 is 0. The van der Waals surface area contributed by atoms with Crippen LogP contribution in [0.3, 0.4) is 0 Å². The molecule has 130 valence electrons. The second kappa shape index (κ2) is 5.99. The largest absolute Gasteiger partial charge is 0.347 e. The average molecular weight is 333 g/mol. The van der Waals surface area contributed by atoms with Crippen LogP contribution in [-0.4, -0.2) is 16.1 Å². The van der Waals surface area contributed by atoms with E-state index >= 15 is 0 Å². The third-order valence-electron chi connectivity index (χ3n) is 5.66. The maximum Gasteiger partial charge on any atom is 0.0516 e. The van der Waals surface area contributed by atoms with Gasteiger partial charge in [0.2, 0.25) is 0 Å². The molecule has 0 saturated heterocycles. The predicted octanol–water partition coefficient (Wildman–Crippen LogP) is 4.05. The SMILES string of the molecule is Cc1cc(CC(C)(C)c2cccnc2)c2c(c1)c1c(n2C)CCNC1. The minimum absolute atomic E-state index is 0.0536. The van der Waals surface area contributed by atoms with Gasteiger partial charge in [-0.05, 0) is 47.6 Å². The number of hydrogen-bond acceptors (Lipinski definition) is 2. The van der Waals surface area contributed by atoms with Crippen molar-refractivity contribution in [2.24, 2.45) is 7.05 Å². The normalized spacial score (nSPS) is 14.7. The van der Waals surface area contributed by atoms with E-state index in [9.17, 15) is 0 Å². The molecule has 0 unspecified atom stereocenters. The van der Waals surface area contributed by atoms with Gasteiger partial charge in [0, 0.05) is 50.0 Å². The molecular weight excluding hydrogens is 306 g/mol. The molecule has 2 aromatic heterocycles. The summed E-state index contributed by atoms with van der Waals surface area (Å²) in [6, 6.07) is 8.97. The zero-order chi connectivity index (χ0) is 17.6. The summed E-state index contributed by atoms with van der Waals surface area (Å²) < 4.78 is 2.44. The van der Waals surface area contributed by atoms with Crippen LogP contribution in [0.25, 0.3) is 10.9 Å². The fourth-order valence-corrected chi connectivity index (χ4v) is 4.38. The number of benzene rings is 1. The molecule has 0 amide bonds. The standard InChI is InChI=1S/C22H27N3/c1-15-10-16(12-22(2,3)17-6-5-8-23-13-17)21-18(11-15)19-14-24-9-7-20(19)25(21)4/h5-6,8,10-11,13,24H,7,9,12,14H2,1-4H3. The molecule has 1 aromatic carbocycles. The number of hydrogen-bond donors (Lipinski definition) is 1.